The quantitative estimate of drug-likeness (QED) is 0.701. The molecule has 0 aliphatic rings. The topological polar surface area (TPSA) is 69.6 Å². The van der Waals surface area contributed by atoms with Gasteiger partial charge in [0.2, 0.25) is 5.95 Å². The zero-order valence-electron chi connectivity index (χ0n) is 9.93. The Bertz CT molecular complexity index is 764. The highest BCUT2D eigenvalue weighted by molar-refractivity contribution is 6.33. The van der Waals surface area contributed by atoms with Crippen LogP contribution in [0.2, 0.25) is 10.2 Å². The molecule has 0 fully saturated rings. The van der Waals surface area contributed by atoms with Crippen LogP contribution in [-0.4, -0.2) is 19.5 Å². The van der Waals surface area contributed by atoms with Crippen molar-refractivity contribution in [1.29, 1.82) is 0 Å². The van der Waals surface area contributed by atoms with E-state index in [0.29, 0.717) is 16.2 Å². The minimum absolute atomic E-state index is 0.128. The molecule has 0 radical (unpaired) electrons. The summed E-state index contributed by atoms with van der Waals surface area (Å²) in [5, 5.41) is 0.919. The van der Waals surface area contributed by atoms with Crippen molar-refractivity contribution in [2.24, 2.45) is 7.05 Å². The van der Waals surface area contributed by atoms with Gasteiger partial charge in [-0.2, -0.15) is 9.97 Å². The summed E-state index contributed by atoms with van der Waals surface area (Å²) in [6, 6.07) is 7.37. The second-order valence-corrected chi connectivity index (χ2v) is 4.84. The van der Waals surface area contributed by atoms with E-state index in [1.54, 1.807) is 12.1 Å². The van der Waals surface area contributed by atoms with Crippen LogP contribution >= 0.6 is 23.2 Å². The minimum atomic E-state index is 0.128. The first kappa shape index (κ1) is 12.2. The van der Waals surface area contributed by atoms with Crippen molar-refractivity contribution in [1.82, 2.24) is 19.5 Å². The van der Waals surface area contributed by atoms with Crippen LogP contribution in [0.15, 0.2) is 24.3 Å². The number of nitrogens with two attached hydrogens (primary N) is 1. The third-order valence-corrected chi connectivity index (χ3v) is 3.31. The summed E-state index contributed by atoms with van der Waals surface area (Å²) in [4.78, 5) is 12.5. The fraction of sp³-hybridized carbons (Fsp3) is 0.0833. The first-order chi connectivity index (χ1) is 9.06. The molecular weight excluding hydrogens is 285 g/mol. The molecule has 2 N–H and O–H groups in total. The number of rotatable bonds is 1. The first-order valence-electron chi connectivity index (χ1n) is 5.47. The summed E-state index contributed by atoms with van der Waals surface area (Å²) in [7, 11) is 1.85. The highest BCUT2D eigenvalue weighted by Gasteiger charge is 2.15. The Hall–Kier alpha value is -1.85. The molecule has 0 aliphatic heterocycles. The van der Waals surface area contributed by atoms with Gasteiger partial charge in [-0.3, -0.25) is 0 Å². The molecule has 0 aliphatic carbocycles. The third kappa shape index (κ3) is 2.01. The van der Waals surface area contributed by atoms with E-state index in [0.717, 1.165) is 11.4 Å². The third-order valence-electron chi connectivity index (χ3n) is 2.80. The van der Waals surface area contributed by atoms with Crippen LogP contribution in [0.5, 0.6) is 0 Å². The van der Waals surface area contributed by atoms with Crippen molar-refractivity contribution in [3.63, 3.8) is 0 Å². The molecule has 0 saturated heterocycles. The van der Waals surface area contributed by atoms with E-state index in [9.17, 15) is 0 Å². The summed E-state index contributed by atoms with van der Waals surface area (Å²) in [5.41, 5.74) is 7.64. The van der Waals surface area contributed by atoms with Gasteiger partial charge in [-0.25, -0.2) is 4.98 Å². The molecule has 0 amide bonds. The van der Waals surface area contributed by atoms with Crippen LogP contribution in [0, 0.1) is 0 Å². The Kier molecular flexibility index (Phi) is 2.80. The van der Waals surface area contributed by atoms with Crippen molar-refractivity contribution in [2.45, 2.75) is 0 Å². The molecule has 0 spiro atoms. The van der Waals surface area contributed by atoms with Crippen molar-refractivity contribution in [3.8, 4) is 11.4 Å². The lowest BCUT2D eigenvalue weighted by molar-refractivity contribution is 0.940. The number of anilines is 1. The number of hydrogen-bond acceptors (Lipinski definition) is 4. The minimum Gasteiger partial charge on any atom is -0.368 e. The smallest absolute Gasteiger partial charge is 0.223 e. The van der Waals surface area contributed by atoms with Gasteiger partial charge < -0.3 is 10.3 Å². The number of benzene rings is 1. The molecule has 0 bridgehead atoms. The van der Waals surface area contributed by atoms with Crippen LogP contribution in [0.25, 0.3) is 22.6 Å². The fourth-order valence-electron chi connectivity index (χ4n) is 1.90. The van der Waals surface area contributed by atoms with Gasteiger partial charge in [0.15, 0.2) is 10.8 Å². The number of nitrogen functional groups attached to an aromatic ring is 1. The van der Waals surface area contributed by atoms with E-state index in [1.165, 1.54) is 0 Å². The molecule has 0 unspecified atom stereocenters. The van der Waals surface area contributed by atoms with Gasteiger partial charge in [0, 0.05) is 17.6 Å². The van der Waals surface area contributed by atoms with E-state index in [-0.39, 0.29) is 11.1 Å². The molecule has 2 aromatic heterocycles. The van der Waals surface area contributed by atoms with Gasteiger partial charge >= 0.3 is 0 Å². The maximum atomic E-state index is 6.03. The lowest BCUT2D eigenvalue weighted by Gasteiger charge is -2.02. The lowest BCUT2D eigenvalue weighted by Crippen LogP contribution is -1.98. The van der Waals surface area contributed by atoms with Crippen LogP contribution in [0.3, 0.4) is 0 Å². The summed E-state index contributed by atoms with van der Waals surface area (Å²) < 4.78 is 1.82. The van der Waals surface area contributed by atoms with Crippen molar-refractivity contribution >= 4 is 40.3 Å². The predicted octanol–water partition coefficient (Wildman–Crippen LogP) is 2.92. The molecule has 3 rings (SSSR count). The molecule has 2 heterocycles. The normalized spacial score (nSPS) is 11.1. The number of aryl methyl sites for hydroxylation is 1. The average molecular weight is 294 g/mol. The number of nitrogens with zero attached hydrogens (tertiary/aromatic N) is 4. The second kappa shape index (κ2) is 4.36. The summed E-state index contributed by atoms with van der Waals surface area (Å²) in [6.45, 7) is 0. The SMILES string of the molecule is Cn1c(-c2ccc(Cl)cc2)nc2c(Cl)nc(N)nc21. The number of fused-ring (bicyclic) bond motifs is 1. The molecule has 0 atom stereocenters. The van der Waals surface area contributed by atoms with Gasteiger partial charge in [-0.1, -0.05) is 23.2 Å². The molecule has 3 aromatic rings. The largest absolute Gasteiger partial charge is 0.368 e. The van der Waals surface area contributed by atoms with E-state index < -0.39 is 0 Å². The lowest BCUT2D eigenvalue weighted by atomic mass is 10.2. The maximum Gasteiger partial charge on any atom is 0.223 e. The average Bonchev–Trinajstić information content (AvgIpc) is 2.69. The molecule has 19 heavy (non-hydrogen) atoms. The Morgan fingerprint density at radius 1 is 1.05 bits per heavy atom. The Balaban J connectivity index is 2.28. The van der Waals surface area contributed by atoms with Crippen LogP contribution < -0.4 is 5.73 Å². The Morgan fingerprint density at radius 3 is 2.42 bits per heavy atom. The van der Waals surface area contributed by atoms with Gasteiger partial charge in [0.1, 0.15) is 11.3 Å². The zero-order valence-corrected chi connectivity index (χ0v) is 11.4. The number of hydrogen-bond donors (Lipinski definition) is 1. The zero-order chi connectivity index (χ0) is 13.6. The molecule has 0 saturated carbocycles. The molecular formula is C12H9Cl2N5. The maximum absolute atomic E-state index is 6.03. The second-order valence-electron chi connectivity index (χ2n) is 4.05. The number of imidazole rings is 1. The van der Waals surface area contributed by atoms with Gasteiger partial charge in [-0.05, 0) is 24.3 Å². The molecule has 96 valence electrons. The van der Waals surface area contributed by atoms with Crippen LogP contribution in [0.4, 0.5) is 5.95 Å². The van der Waals surface area contributed by atoms with E-state index >= 15 is 0 Å². The number of halogens is 2. The Morgan fingerprint density at radius 2 is 1.74 bits per heavy atom. The molecule has 7 heteroatoms. The van der Waals surface area contributed by atoms with E-state index in [2.05, 4.69) is 15.0 Å². The summed E-state index contributed by atoms with van der Waals surface area (Å²) in [5.74, 6) is 0.858. The predicted molar refractivity (Wildman–Crippen MR) is 76.2 cm³/mol. The summed E-state index contributed by atoms with van der Waals surface area (Å²) in [6.07, 6.45) is 0. The highest BCUT2D eigenvalue weighted by atomic mass is 35.5. The fourth-order valence-corrected chi connectivity index (χ4v) is 2.24. The summed E-state index contributed by atoms with van der Waals surface area (Å²) >= 11 is 11.9. The van der Waals surface area contributed by atoms with Crippen molar-refractivity contribution in [3.05, 3.63) is 34.4 Å². The van der Waals surface area contributed by atoms with Crippen LogP contribution in [-0.2, 0) is 7.05 Å². The van der Waals surface area contributed by atoms with Crippen molar-refractivity contribution in [2.75, 3.05) is 5.73 Å². The van der Waals surface area contributed by atoms with E-state index in [4.69, 9.17) is 28.9 Å². The van der Waals surface area contributed by atoms with Gasteiger partial charge in [0.25, 0.3) is 0 Å². The van der Waals surface area contributed by atoms with Crippen LogP contribution in [0.1, 0.15) is 0 Å². The molecule has 5 nitrogen and oxygen atoms in total. The standard InChI is InChI=1S/C12H9Cl2N5/c1-19-10(6-2-4-7(13)5-3-6)16-8-9(14)17-12(15)18-11(8)19/h2-5H,1H3,(H2,15,17,18). The first-order valence-corrected chi connectivity index (χ1v) is 6.23. The van der Waals surface area contributed by atoms with Gasteiger partial charge in [0.05, 0.1) is 0 Å². The van der Waals surface area contributed by atoms with E-state index in [1.807, 2.05) is 23.7 Å². The monoisotopic (exact) mass is 293 g/mol. The Labute approximate surface area is 119 Å². The van der Waals surface area contributed by atoms with Gasteiger partial charge in [-0.15, -0.1) is 0 Å². The van der Waals surface area contributed by atoms with Crippen molar-refractivity contribution < 1.29 is 0 Å². The highest BCUT2D eigenvalue weighted by Crippen LogP contribution is 2.27. The number of aromatic nitrogens is 4. The molecule has 1 aromatic carbocycles.